The number of aromatic nitrogens is 3. The van der Waals surface area contributed by atoms with E-state index >= 15 is 0 Å². The van der Waals surface area contributed by atoms with Crippen LogP contribution in [0.15, 0.2) is 53.2 Å². The second kappa shape index (κ2) is 7.03. The lowest BCUT2D eigenvalue weighted by Gasteiger charge is -2.05. The lowest BCUT2D eigenvalue weighted by Crippen LogP contribution is -2.13. The molecule has 8 heteroatoms. The topological polar surface area (TPSA) is 59.8 Å². The number of nitrogens with one attached hydrogen (secondary N) is 1. The Morgan fingerprint density at radius 1 is 1.19 bits per heavy atom. The first-order valence-electron chi connectivity index (χ1n) is 7.73. The first-order chi connectivity index (χ1) is 12.6. The van der Waals surface area contributed by atoms with Crippen molar-refractivity contribution in [3.05, 3.63) is 68.8 Å². The van der Waals surface area contributed by atoms with Gasteiger partial charge in [0.05, 0.1) is 16.3 Å². The number of hydrogen-bond acceptors (Lipinski definition) is 5. The Morgan fingerprint density at radius 3 is 2.73 bits per heavy atom. The molecule has 0 fully saturated rings. The maximum Gasteiger partial charge on any atom is 0.266 e. The van der Waals surface area contributed by atoms with Gasteiger partial charge in [0, 0.05) is 22.0 Å². The van der Waals surface area contributed by atoms with E-state index in [0.717, 1.165) is 17.0 Å². The molecule has 0 aliphatic carbocycles. The molecule has 3 aromatic heterocycles. The van der Waals surface area contributed by atoms with Crippen molar-refractivity contribution in [1.29, 1.82) is 0 Å². The number of thiazole rings is 1. The summed E-state index contributed by atoms with van der Waals surface area (Å²) in [5.41, 5.74) is 2.62. The Hall–Kier alpha value is -2.48. The molecule has 5 nitrogen and oxygen atoms in total. The molecule has 26 heavy (non-hydrogen) atoms. The molecule has 0 aliphatic rings. The normalized spacial score (nSPS) is 10.8. The second-order valence-corrected chi connectivity index (χ2v) is 7.76. The van der Waals surface area contributed by atoms with Gasteiger partial charge in [0.25, 0.3) is 5.91 Å². The first kappa shape index (κ1) is 17.0. The number of carbonyl (C=O) groups excluding carboxylic acids is 1. The number of carbonyl (C=O) groups is 1. The number of aryl methyl sites for hydroxylation is 1. The SMILES string of the molecule is Cc1cc(NC(=O)c2cccs2)n(-c2nc(-c3ccc(Cl)cc3)cs2)n1. The van der Waals surface area contributed by atoms with E-state index in [9.17, 15) is 4.79 Å². The van der Waals surface area contributed by atoms with E-state index in [1.807, 2.05) is 54.1 Å². The third kappa shape index (κ3) is 3.41. The van der Waals surface area contributed by atoms with Crippen LogP contribution in [0.1, 0.15) is 15.4 Å². The lowest BCUT2D eigenvalue weighted by atomic mass is 10.2. The van der Waals surface area contributed by atoms with E-state index in [0.29, 0.717) is 20.8 Å². The van der Waals surface area contributed by atoms with Gasteiger partial charge in [0.2, 0.25) is 5.13 Å². The van der Waals surface area contributed by atoms with Gasteiger partial charge in [-0.15, -0.1) is 22.7 Å². The maximum absolute atomic E-state index is 12.4. The van der Waals surface area contributed by atoms with E-state index in [2.05, 4.69) is 15.4 Å². The van der Waals surface area contributed by atoms with Gasteiger partial charge in [0.1, 0.15) is 5.82 Å². The number of rotatable bonds is 4. The summed E-state index contributed by atoms with van der Waals surface area (Å²) in [6.07, 6.45) is 0. The fourth-order valence-corrected chi connectivity index (χ4v) is 3.98. The molecule has 0 saturated carbocycles. The van der Waals surface area contributed by atoms with Crippen LogP contribution in [0.5, 0.6) is 0 Å². The molecule has 1 amide bonds. The predicted octanol–water partition coefficient (Wildman–Crippen LogP) is 5.27. The minimum absolute atomic E-state index is 0.157. The summed E-state index contributed by atoms with van der Waals surface area (Å²) in [6.45, 7) is 1.88. The van der Waals surface area contributed by atoms with Gasteiger partial charge < -0.3 is 5.32 Å². The van der Waals surface area contributed by atoms with Crippen molar-refractivity contribution in [1.82, 2.24) is 14.8 Å². The van der Waals surface area contributed by atoms with Crippen molar-refractivity contribution in [3.8, 4) is 16.4 Å². The molecule has 0 unspecified atom stereocenters. The summed E-state index contributed by atoms with van der Waals surface area (Å²) in [4.78, 5) is 17.7. The number of thiophene rings is 1. The van der Waals surface area contributed by atoms with Crippen LogP contribution >= 0.6 is 34.3 Å². The highest BCUT2D eigenvalue weighted by Gasteiger charge is 2.15. The van der Waals surface area contributed by atoms with Crippen LogP contribution < -0.4 is 5.32 Å². The molecule has 4 aromatic rings. The summed E-state index contributed by atoms with van der Waals surface area (Å²) in [5, 5.41) is 12.6. The van der Waals surface area contributed by atoms with Crippen LogP contribution in [-0.2, 0) is 0 Å². The minimum atomic E-state index is -0.157. The van der Waals surface area contributed by atoms with E-state index in [1.165, 1.54) is 22.7 Å². The number of hydrogen-bond donors (Lipinski definition) is 1. The zero-order valence-electron chi connectivity index (χ0n) is 13.6. The average Bonchev–Trinajstić information content (AvgIpc) is 3.35. The highest BCUT2D eigenvalue weighted by molar-refractivity contribution is 7.12. The molecular formula is C18H13ClN4OS2. The second-order valence-electron chi connectivity index (χ2n) is 5.54. The van der Waals surface area contributed by atoms with Crippen molar-refractivity contribution in [3.63, 3.8) is 0 Å². The van der Waals surface area contributed by atoms with Crippen LogP contribution in [-0.4, -0.2) is 20.7 Å². The summed E-state index contributed by atoms with van der Waals surface area (Å²) in [5.74, 6) is 0.438. The van der Waals surface area contributed by atoms with Crippen molar-refractivity contribution in [2.45, 2.75) is 6.92 Å². The molecule has 3 heterocycles. The number of amides is 1. The molecule has 0 bridgehead atoms. The molecule has 130 valence electrons. The van der Waals surface area contributed by atoms with E-state index in [-0.39, 0.29) is 5.91 Å². The minimum Gasteiger partial charge on any atom is -0.306 e. The Labute approximate surface area is 162 Å². The summed E-state index contributed by atoms with van der Waals surface area (Å²) < 4.78 is 1.66. The Kier molecular flexibility index (Phi) is 4.58. The average molecular weight is 401 g/mol. The van der Waals surface area contributed by atoms with Gasteiger partial charge in [-0.05, 0) is 30.5 Å². The number of halogens is 1. The van der Waals surface area contributed by atoms with Crippen LogP contribution in [0.2, 0.25) is 5.02 Å². The highest BCUT2D eigenvalue weighted by atomic mass is 35.5. The van der Waals surface area contributed by atoms with Crippen molar-refractivity contribution < 1.29 is 4.79 Å². The molecule has 0 saturated heterocycles. The molecule has 0 aliphatic heterocycles. The van der Waals surface area contributed by atoms with E-state index in [1.54, 1.807) is 10.7 Å². The van der Waals surface area contributed by atoms with Crippen molar-refractivity contribution in [2.75, 3.05) is 5.32 Å². The van der Waals surface area contributed by atoms with Crippen LogP contribution in [0, 0.1) is 6.92 Å². The van der Waals surface area contributed by atoms with Gasteiger partial charge in [-0.25, -0.2) is 4.98 Å². The van der Waals surface area contributed by atoms with Gasteiger partial charge in [-0.2, -0.15) is 9.78 Å². The molecule has 1 aromatic carbocycles. The fraction of sp³-hybridized carbons (Fsp3) is 0.0556. The Morgan fingerprint density at radius 2 is 2.00 bits per heavy atom. The number of nitrogens with zero attached hydrogens (tertiary/aromatic N) is 3. The molecule has 0 spiro atoms. The highest BCUT2D eigenvalue weighted by Crippen LogP contribution is 2.27. The number of benzene rings is 1. The standard InChI is InChI=1S/C18H13ClN4OS2/c1-11-9-16(21-17(24)15-3-2-8-25-15)23(22-11)18-20-14(10-26-18)12-4-6-13(19)7-5-12/h2-10H,1H3,(H,21,24). The molecule has 1 N–H and O–H groups in total. The Balaban J connectivity index is 1.64. The van der Waals surface area contributed by atoms with Crippen LogP contribution in [0.4, 0.5) is 5.82 Å². The maximum atomic E-state index is 12.4. The van der Waals surface area contributed by atoms with Crippen LogP contribution in [0.25, 0.3) is 16.4 Å². The zero-order chi connectivity index (χ0) is 18.1. The van der Waals surface area contributed by atoms with Gasteiger partial charge >= 0.3 is 0 Å². The van der Waals surface area contributed by atoms with Crippen molar-refractivity contribution >= 4 is 46.0 Å². The smallest absolute Gasteiger partial charge is 0.266 e. The predicted molar refractivity (Wildman–Crippen MR) is 107 cm³/mol. The fourth-order valence-electron chi connectivity index (χ4n) is 2.43. The molecule has 0 radical (unpaired) electrons. The van der Waals surface area contributed by atoms with Gasteiger partial charge in [0.15, 0.2) is 0 Å². The zero-order valence-corrected chi connectivity index (χ0v) is 16.0. The quantitative estimate of drug-likeness (QED) is 0.507. The molecule has 4 rings (SSSR count). The first-order valence-corrected chi connectivity index (χ1v) is 9.87. The van der Waals surface area contributed by atoms with Crippen LogP contribution in [0.3, 0.4) is 0 Å². The Bertz CT molecular complexity index is 1050. The summed E-state index contributed by atoms with van der Waals surface area (Å²) in [7, 11) is 0. The lowest BCUT2D eigenvalue weighted by molar-refractivity contribution is 0.103. The number of anilines is 1. The van der Waals surface area contributed by atoms with Gasteiger partial charge in [-0.3, -0.25) is 4.79 Å². The summed E-state index contributed by atoms with van der Waals surface area (Å²) >= 11 is 8.80. The van der Waals surface area contributed by atoms with Crippen molar-refractivity contribution in [2.24, 2.45) is 0 Å². The third-order valence-electron chi connectivity index (χ3n) is 3.63. The summed E-state index contributed by atoms with van der Waals surface area (Å²) in [6, 6.07) is 13.0. The van der Waals surface area contributed by atoms with E-state index < -0.39 is 0 Å². The molecular weight excluding hydrogens is 388 g/mol. The van der Waals surface area contributed by atoms with E-state index in [4.69, 9.17) is 11.6 Å². The monoisotopic (exact) mass is 400 g/mol. The molecule has 0 atom stereocenters. The van der Waals surface area contributed by atoms with Gasteiger partial charge in [-0.1, -0.05) is 29.8 Å². The third-order valence-corrected chi connectivity index (χ3v) is 5.57. The largest absolute Gasteiger partial charge is 0.306 e.